The first-order valence-corrected chi connectivity index (χ1v) is 14.0. The number of benzene rings is 4. The molecular formula is C35H22N4S. The summed E-state index contributed by atoms with van der Waals surface area (Å²) in [5, 5.41) is 3.46. The Morgan fingerprint density at radius 2 is 1.38 bits per heavy atom. The highest BCUT2D eigenvalue weighted by Gasteiger charge is 2.18. The molecule has 0 bridgehead atoms. The quantitative estimate of drug-likeness (QED) is 0.228. The molecule has 40 heavy (non-hydrogen) atoms. The van der Waals surface area contributed by atoms with Gasteiger partial charge in [-0.2, -0.15) is 0 Å². The van der Waals surface area contributed by atoms with Crippen molar-refractivity contribution in [3.63, 3.8) is 0 Å². The van der Waals surface area contributed by atoms with Gasteiger partial charge in [0.05, 0.1) is 32.6 Å². The summed E-state index contributed by atoms with van der Waals surface area (Å²) >= 11 is 1.73. The molecule has 4 aromatic carbocycles. The van der Waals surface area contributed by atoms with E-state index in [2.05, 4.69) is 112 Å². The molecule has 0 N–H and O–H groups in total. The van der Waals surface area contributed by atoms with Crippen molar-refractivity contribution in [1.82, 2.24) is 19.5 Å². The zero-order valence-corrected chi connectivity index (χ0v) is 22.2. The molecular weight excluding hydrogens is 508 g/mol. The van der Waals surface area contributed by atoms with E-state index in [1.165, 1.54) is 15.5 Å². The monoisotopic (exact) mass is 530 g/mol. The van der Waals surface area contributed by atoms with Gasteiger partial charge in [-0.05, 0) is 60.2 Å². The summed E-state index contributed by atoms with van der Waals surface area (Å²) in [6.45, 7) is 0. The van der Waals surface area contributed by atoms with Gasteiger partial charge in [-0.25, -0.2) is 4.98 Å². The first-order chi connectivity index (χ1) is 19.8. The fourth-order valence-electron chi connectivity index (χ4n) is 5.54. The molecule has 0 unspecified atom stereocenters. The minimum Gasteiger partial charge on any atom is -0.309 e. The molecule has 8 rings (SSSR count). The number of aromatic nitrogens is 4. The summed E-state index contributed by atoms with van der Waals surface area (Å²) in [7, 11) is 0. The van der Waals surface area contributed by atoms with E-state index >= 15 is 0 Å². The van der Waals surface area contributed by atoms with Crippen molar-refractivity contribution >= 4 is 43.4 Å². The Morgan fingerprint density at radius 3 is 2.25 bits per heavy atom. The first-order valence-electron chi connectivity index (χ1n) is 13.2. The Balaban J connectivity index is 1.44. The minimum atomic E-state index is 0.945. The summed E-state index contributed by atoms with van der Waals surface area (Å²) in [6, 6.07) is 40.5. The third-order valence-electron chi connectivity index (χ3n) is 7.41. The normalized spacial score (nSPS) is 11.5. The van der Waals surface area contributed by atoms with Crippen LogP contribution in [-0.2, 0) is 0 Å². The summed E-state index contributed by atoms with van der Waals surface area (Å²) in [6.07, 6.45) is 5.54. The molecule has 4 nitrogen and oxygen atoms in total. The molecule has 0 radical (unpaired) electrons. The van der Waals surface area contributed by atoms with Crippen LogP contribution in [0.5, 0.6) is 0 Å². The van der Waals surface area contributed by atoms with E-state index in [1.807, 2.05) is 36.8 Å². The maximum absolute atomic E-state index is 4.96. The van der Waals surface area contributed by atoms with Crippen molar-refractivity contribution in [2.75, 3.05) is 0 Å². The van der Waals surface area contributed by atoms with Crippen molar-refractivity contribution < 1.29 is 0 Å². The molecule has 0 saturated carbocycles. The lowest BCUT2D eigenvalue weighted by Gasteiger charge is -2.16. The van der Waals surface area contributed by atoms with Gasteiger partial charge in [-0.1, -0.05) is 60.7 Å². The van der Waals surface area contributed by atoms with Gasteiger partial charge in [-0.15, -0.1) is 11.3 Å². The predicted octanol–water partition coefficient (Wildman–Crippen LogP) is 9.18. The maximum atomic E-state index is 4.96. The average Bonchev–Trinajstić information content (AvgIpc) is 3.61. The van der Waals surface area contributed by atoms with Gasteiger partial charge in [0.2, 0.25) is 0 Å². The highest BCUT2D eigenvalue weighted by atomic mass is 32.1. The molecule has 4 heterocycles. The van der Waals surface area contributed by atoms with E-state index in [9.17, 15) is 0 Å². The largest absolute Gasteiger partial charge is 0.309 e. The standard InChI is InChI=1S/C35H22N4S/c1-3-10-31-27(7-1)28-15-13-25(35-38-30-9-2-4-11-34(30)40-35)22-33(28)39(31)32-21-24(29-8-5-6-18-37-29)12-14-26(32)23-16-19-36-20-17-23/h1-22H. The molecule has 0 fully saturated rings. The highest BCUT2D eigenvalue weighted by Crippen LogP contribution is 2.40. The molecule has 0 spiro atoms. The Bertz CT molecular complexity index is 2130. The second kappa shape index (κ2) is 9.26. The molecule has 0 aliphatic heterocycles. The van der Waals surface area contributed by atoms with Crippen molar-refractivity contribution in [2.45, 2.75) is 0 Å². The van der Waals surface area contributed by atoms with Crippen LogP contribution in [0, 0.1) is 0 Å². The second-order valence-electron chi connectivity index (χ2n) is 9.75. The highest BCUT2D eigenvalue weighted by molar-refractivity contribution is 7.21. The molecule has 0 atom stereocenters. The van der Waals surface area contributed by atoms with Gasteiger partial charge in [0, 0.05) is 46.1 Å². The van der Waals surface area contributed by atoms with Crippen LogP contribution in [-0.4, -0.2) is 19.5 Å². The Kier molecular flexibility index (Phi) is 5.28. The lowest BCUT2D eigenvalue weighted by Crippen LogP contribution is -1.99. The molecule has 5 heteroatoms. The number of hydrogen-bond donors (Lipinski definition) is 0. The number of fused-ring (bicyclic) bond motifs is 4. The van der Waals surface area contributed by atoms with Crippen LogP contribution >= 0.6 is 11.3 Å². The SMILES string of the molecule is c1ccc(-c2ccc(-c3ccncc3)c(-n3c4ccccc4c4ccc(-c5nc6ccccc6s5)cc43)c2)nc1. The van der Waals surface area contributed by atoms with Gasteiger partial charge >= 0.3 is 0 Å². The molecule has 0 aliphatic carbocycles. The first kappa shape index (κ1) is 22.8. The zero-order valence-electron chi connectivity index (χ0n) is 21.4. The maximum Gasteiger partial charge on any atom is 0.124 e. The van der Waals surface area contributed by atoms with Crippen LogP contribution in [0.1, 0.15) is 0 Å². The van der Waals surface area contributed by atoms with Crippen molar-refractivity contribution in [1.29, 1.82) is 0 Å². The Morgan fingerprint density at radius 1 is 0.575 bits per heavy atom. The third kappa shape index (κ3) is 3.71. The van der Waals surface area contributed by atoms with Crippen molar-refractivity contribution in [3.8, 4) is 38.6 Å². The van der Waals surface area contributed by atoms with Crippen LogP contribution in [0.3, 0.4) is 0 Å². The van der Waals surface area contributed by atoms with E-state index in [0.717, 1.165) is 55.2 Å². The molecule has 0 aliphatic rings. The molecule has 0 saturated heterocycles. The van der Waals surface area contributed by atoms with Gasteiger partial charge in [0.15, 0.2) is 0 Å². The Hall–Kier alpha value is -5.13. The zero-order chi connectivity index (χ0) is 26.5. The van der Waals surface area contributed by atoms with Gasteiger partial charge in [-0.3, -0.25) is 9.97 Å². The number of thiazole rings is 1. The van der Waals surface area contributed by atoms with Crippen molar-refractivity contribution in [2.24, 2.45) is 0 Å². The molecule has 0 amide bonds. The summed E-state index contributed by atoms with van der Waals surface area (Å²) in [5.74, 6) is 0. The number of pyridine rings is 2. The fraction of sp³-hybridized carbons (Fsp3) is 0. The van der Waals surface area contributed by atoms with Crippen LogP contribution in [0.2, 0.25) is 0 Å². The van der Waals surface area contributed by atoms with Crippen LogP contribution in [0.4, 0.5) is 0 Å². The minimum absolute atomic E-state index is 0.945. The van der Waals surface area contributed by atoms with Gasteiger partial charge in [0.1, 0.15) is 5.01 Å². The summed E-state index contributed by atoms with van der Waals surface area (Å²) in [5.41, 5.74) is 9.82. The van der Waals surface area contributed by atoms with Gasteiger partial charge < -0.3 is 4.57 Å². The van der Waals surface area contributed by atoms with E-state index < -0.39 is 0 Å². The topological polar surface area (TPSA) is 43.6 Å². The summed E-state index contributed by atoms with van der Waals surface area (Å²) < 4.78 is 3.59. The molecule has 8 aromatic rings. The van der Waals surface area contributed by atoms with Gasteiger partial charge in [0.25, 0.3) is 0 Å². The smallest absolute Gasteiger partial charge is 0.124 e. The van der Waals surface area contributed by atoms with E-state index in [1.54, 1.807) is 11.3 Å². The fourth-order valence-corrected chi connectivity index (χ4v) is 6.51. The van der Waals surface area contributed by atoms with Crippen LogP contribution in [0.25, 0.3) is 70.7 Å². The van der Waals surface area contributed by atoms with E-state index in [0.29, 0.717) is 0 Å². The average molecular weight is 531 g/mol. The van der Waals surface area contributed by atoms with Crippen molar-refractivity contribution in [3.05, 3.63) is 134 Å². The number of hydrogen-bond acceptors (Lipinski definition) is 4. The number of para-hydroxylation sites is 2. The molecule has 188 valence electrons. The summed E-state index contributed by atoms with van der Waals surface area (Å²) in [4.78, 5) is 13.9. The van der Waals surface area contributed by atoms with E-state index in [4.69, 9.17) is 4.98 Å². The van der Waals surface area contributed by atoms with Crippen LogP contribution in [0.15, 0.2) is 134 Å². The number of nitrogens with zero attached hydrogens (tertiary/aromatic N) is 4. The third-order valence-corrected chi connectivity index (χ3v) is 8.49. The lowest BCUT2D eigenvalue weighted by atomic mass is 10.0. The Labute approximate surface area is 234 Å². The number of rotatable bonds is 4. The second-order valence-corrected chi connectivity index (χ2v) is 10.8. The van der Waals surface area contributed by atoms with Crippen LogP contribution < -0.4 is 0 Å². The molecule has 4 aromatic heterocycles. The predicted molar refractivity (Wildman–Crippen MR) is 166 cm³/mol. The lowest BCUT2D eigenvalue weighted by molar-refractivity contribution is 1.18. The van der Waals surface area contributed by atoms with E-state index in [-0.39, 0.29) is 0 Å².